The van der Waals surface area contributed by atoms with Gasteiger partial charge in [-0.2, -0.15) is 0 Å². The Balaban J connectivity index is 1.62. The molecule has 6 nitrogen and oxygen atoms in total. The van der Waals surface area contributed by atoms with Crippen LogP contribution in [0, 0.1) is 5.82 Å². The van der Waals surface area contributed by atoms with E-state index >= 15 is 0 Å². The molecule has 0 spiro atoms. The molecular weight excluding hydrogens is 483 g/mol. The molecule has 2 amide bonds. The number of ether oxygens (including phenoxy) is 2. The highest BCUT2D eigenvalue weighted by molar-refractivity contribution is 5.88. The maximum Gasteiger partial charge on any atom is 0.243 e. The van der Waals surface area contributed by atoms with Crippen molar-refractivity contribution >= 4 is 11.8 Å². The first-order chi connectivity index (χ1) is 18.2. The smallest absolute Gasteiger partial charge is 0.243 e. The minimum Gasteiger partial charge on any atom is -0.486 e. The molecule has 1 N–H and O–H groups in total. The summed E-state index contributed by atoms with van der Waals surface area (Å²) in [4.78, 5) is 28.9. The highest BCUT2D eigenvalue weighted by atomic mass is 19.1. The van der Waals surface area contributed by atoms with Crippen molar-refractivity contribution in [2.24, 2.45) is 0 Å². The largest absolute Gasteiger partial charge is 0.486 e. The van der Waals surface area contributed by atoms with E-state index in [0.717, 1.165) is 11.1 Å². The Labute approximate surface area is 223 Å². The van der Waals surface area contributed by atoms with Gasteiger partial charge in [0.05, 0.1) is 0 Å². The molecule has 200 valence electrons. The number of amides is 2. The molecule has 3 aromatic carbocycles. The minimum atomic E-state index is -0.816. The third-order valence-electron chi connectivity index (χ3n) is 6.30. The molecule has 0 saturated heterocycles. The molecule has 1 aliphatic rings. The predicted molar refractivity (Wildman–Crippen MR) is 145 cm³/mol. The van der Waals surface area contributed by atoms with Crippen molar-refractivity contribution in [2.45, 2.75) is 58.2 Å². The van der Waals surface area contributed by atoms with E-state index in [-0.39, 0.29) is 24.8 Å². The van der Waals surface area contributed by atoms with Crippen LogP contribution in [0.1, 0.15) is 43.9 Å². The van der Waals surface area contributed by atoms with Crippen molar-refractivity contribution in [2.75, 3.05) is 13.2 Å². The number of rotatable bonds is 9. The number of hydrogen-bond acceptors (Lipinski definition) is 4. The first-order valence-corrected chi connectivity index (χ1v) is 13.0. The van der Waals surface area contributed by atoms with Gasteiger partial charge in [-0.3, -0.25) is 9.59 Å². The van der Waals surface area contributed by atoms with Gasteiger partial charge in [-0.25, -0.2) is 4.39 Å². The molecule has 0 fully saturated rings. The zero-order chi connectivity index (χ0) is 27.1. The summed E-state index contributed by atoms with van der Waals surface area (Å²) in [5, 5.41) is 3.03. The van der Waals surface area contributed by atoms with Crippen LogP contribution >= 0.6 is 0 Å². The van der Waals surface area contributed by atoms with Gasteiger partial charge in [-0.15, -0.1) is 0 Å². The van der Waals surface area contributed by atoms with Crippen LogP contribution in [0.25, 0.3) is 0 Å². The van der Waals surface area contributed by atoms with Crippen LogP contribution in [0.5, 0.6) is 11.5 Å². The fraction of sp³-hybridized carbons (Fsp3) is 0.355. The first kappa shape index (κ1) is 27.2. The SMILES string of the molecule is CC(C)(C)NC(=O)[C@@H](Cc1ccccc1)N(Cc1ccccc1F)C(=O)CCc1ccc2c(c1)OCCO2. The van der Waals surface area contributed by atoms with E-state index in [1.807, 2.05) is 69.3 Å². The van der Waals surface area contributed by atoms with Gasteiger partial charge in [0.25, 0.3) is 0 Å². The number of aryl methyl sites for hydroxylation is 1. The Morgan fingerprint density at radius 1 is 0.921 bits per heavy atom. The zero-order valence-corrected chi connectivity index (χ0v) is 22.2. The monoisotopic (exact) mass is 518 g/mol. The standard InChI is InChI=1S/C31H35FN2O4/c1-31(2,3)33-30(36)26(19-22-9-5-4-6-10-22)34(21-24-11-7-8-12-25(24)32)29(35)16-14-23-13-15-27-28(20-23)38-18-17-37-27/h4-13,15,20,26H,14,16-19,21H2,1-3H3,(H,33,36)/t26-/m1/s1. The number of halogens is 1. The van der Waals surface area contributed by atoms with Gasteiger partial charge in [0.2, 0.25) is 11.8 Å². The molecule has 1 aliphatic heterocycles. The van der Waals surface area contributed by atoms with Crippen LogP contribution in [0.4, 0.5) is 4.39 Å². The van der Waals surface area contributed by atoms with Gasteiger partial charge in [0, 0.05) is 30.5 Å². The molecule has 3 aromatic rings. The third kappa shape index (κ3) is 7.34. The number of nitrogens with one attached hydrogen (secondary N) is 1. The zero-order valence-electron chi connectivity index (χ0n) is 22.2. The molecular formula is C31H35FN2O4. The molecule has 1 atom stereocenters. The topological polar surface area (TPSA) is 67.9 Å². The molecule has 0 radical (unpaired) electrons. The minimum absolute atomic E-state index is 0.0122. The molecule has 4 rings (SSSR count). The van der Waals surface area contributed by atoms with Crippen molar-refractivity contribution in [3.05, 3.63) is 95.3 Å². The number of carbonyl (C=O) groups is 2. The highest BCUT2D eigenvalue weighted by Crippen LogP contribution is 2.31. The Bertz CT molecular complexity index is 1260. The van der Waals surface area contributed by atoms with Gasteiger partial charge in [-0.05, 0) is 56.5 Å². The molecule has 0 saturated carbocycles. The van der Waals surface area contributed by atoms with Gasteiger partial charge in [-0.1, -0.05) is 54.6 Å². The second-order valence-corrected chi connectivity index (χ2v) is 10.5. The Kier molecular flexibility index (Phi) is 8.66. The summed E-state index contributed by atoms with van der Waals surface area (Å²) in [5.74, 6) is 0.440. The molecule has 0 bridgehead atoms. The Hall–Kier alpha value is -3.87. The van der Waals surface area contributed by atoms with Crippen LogP contribution < -0.4 is 14.8 Å². The maximum absolute atomic E-state index is 14.7. The normalized spacial score (nSPS) is 13.5. The summed E-state index contributed by atoms with van der Waals surface area (Å²) < 4.78 is 26.0. The number of hydrogen-bond donors (Lipinski definition) is 1. The number of benzene rings is 3. The fourth-order valence-corrected chi connectivity index (χ4v) is 4.46. The van der Waals surface area contributed by atoms with Crippen molar-refractivity contribution < 1.29 is 23.5 Å². The second kappa shape index (κ2) is 12.1. The number of nitrogens with zero attached hydrogens (tertiary/aromatic N) is 1. The number of fused-ring (bicyclic) bond motifs is 1. The lowest BCUT2D eigenvalue weighted by molar-refractivity contribution is -0.142. The van der Waals surface area contributed by atoms with Gasteiger partial charge < -0.3 is 19.7 Å². The molecule has 38 heavy (non-hydrogen) atoms. The second-order valence-electron chi connectivity index (χ2n) is 10.5. The fourth-order valence-electron chi connectivity index (χ4n) is 4.46. The van der Waals surface area contributed by atoms with Gasteiger partial charge in [0.15, 0.2) is 11.5 Å². The summed E-state index contributed by atoms with van der Waals surface area (Å²) in [6, 6.07) is 20.8. The molecule has 0 aromatic heterocycles. The lowest BCUT2D eigenvalue weighted by Gasteiger charge is -2.34. The van der Waals surface area contributed by atoms with E-state index < -0.39 is 17.4 Å². The summed E-state index contributed by atoms with van der Waals surface area (Å²) in [7, 11) is 0. The van der Waals surface area contributed by atoms with Crippen LogP contribution in [0.15, 0.2) is 72.8 Å². The third-order valence-corrected chi connectivity index (χ3v) is 6.30. The summed E-state index contributed by atoms with van der Waals surface area (Å²) in [6.07, 6.45) is 0.914. The predicted octanol–water partition coefficient (Wildman–Crippen LogP) is 5.08. The summed E-state index contributed by atoms with van der Waals surface area (Å²) in [6.45, 7) is 6.67. The van der Waals surface area contributed by atoms with E-state index in [0.29, 0.717) is 43.1 Å². The Morgan fingerprint density at radius 3 is 2.32 bits per heavy atom. The average molecular weight is 519 g/mol. The summed E-state index contributed by atoms with van der Waals surface area (Å²) >= 11 is 0. The van der Waals surface area contributed by atoms with Crippen molar-refractivity contribution in [1.29, 1.82) is 0 Å². The van der Waals surface area contributed by atoms with Crippen LogP contribution in [0.2, 0.25) is 0 Å². The number of carbonyl (C=O) groups excluding carboxylic acids is 2. The van der Waals surface area contributed by atoms with Gasteiger partial charge >= 0.3 is 0 Å². The molecule has 0 unspecified atom stereocenters. The Morgan fingerprint density at radius 2 is 1.61 bits per heavy atom. The van der Waals surface area contributed by atoms with Crippen molar-refractivity contribution in [3.63, 3.8) is 0 Å². The summed E-state index contributed by atoms with van der Waals surface area (Å²) in [5.41, 5.74) is 1.71. The molecule has 7 heteroatoms. The first-order valence-electron chi connectivity index (χ1n) is 13.0. The maximum atomic E-state index is 14.7. The molecule has 0 aliphatic carbocycles. The van der Waals surface area contributed by atoms with Gasteiger partial charge in [0.1, 0.15) is 25.1 Å². The lowest BCUT2D eigenvalue weighted by Crippen LogP contribution is -2.54. The van der Waals surface area contributed by atoms with E-state index in [1.54, 1.807) is 18.2 Å². The quantitative estimate of drug-likeness (QED) is 0.429. The van der Waals surface area contributed by atoms with Crippen molar-refractivity contribution in [3.8, 4) is 11.5 Å². The van der Waals surface area contributed by atoms with E-state index in [2.05, 4.69) is 5.32 Å². The molecule has 1 heterocycles. The highest BCUT2D eigenvalue weighted by Gasteiger charge is 2.32. The van der Waals surface area contributed by atoms with E-state index in [4.69, 9.17) is 9.47 Å². The van der Waals surface area contributed by atoms with Crippen LogP contribution in [-0.4, -0.2) is 41.5 Å². The van der Waals surface area contributed by atoms with E-state index in [9.17, 15) is 14.0 Å². The van der Waals surface area contributed by atoms with Crippen LogP contribution in [0.3, 0.4) is 0 Å². The van der Waals surface area contributed by atoms with E-state index in [1.165, 1.54) is 11.0 Å². The van der Waals surface area contributed by atoms with Crippen molar-refractivity contribution in [1.82, 2.24) is 10.2 Å². The van der Waals surface area contributed by atoms with Crippen LogP contribution in [-0.2, 0) is 29.0 Å². The average Bonchev–Trinajstić information content (AvgIpc) is 2.89. The lowest BCUT2D eigenvalue weighted by atomic mass is 9.99.